The van der Waals surface area contributed by atoms with E-state index in [0.717, 1.165) is 54.8 Å². The van der Waals surface area contributed by atoms with Crippen molar-refractivity contribution in [2.45, 2.75) is 33.1 Å². The van der Waals surface area contributed by atoms with Gasteiger partial charge in [0, 0.05) is 25.3 Å². The van der Waals surface area contributed by atoms with Crippen LogP contribution >= 0.6 is 0 Å². The minimum atomic E-state index is -0.724. The Balaban J connectivity index is 1.96. The molecule has 1 saturated heterocycles. The minimum absolute atomic E-state index is 0.334. The monoisotopic (exact) mass is 342 g/mol. The Bertz CT molecular complexity index is 744. The predicted molar refractivity (Wildman–Crippen MR) is 100 cm³/mol. The number of nitrogens with one attached hydrogen (secondary N) is 1. The number of benzene rings is 1. The van der Waals surface area contributed by atoms with Gasteiger partial charge in [0.2, 0.25) is 0 Å². The average Bonchev–Trinajstić information content (AvgIpc) is 2.65. The molecular weight excluding hydrogens is 316 g/mol. The third kappa shape index (κ3) is 3.83. The molecule has 2 N–H and O–H groups in total. The van der Waals surface area contributed by atoms with Crippen LogP contribution in [0.1, 0.15) is 33.1 Å². The highest BCUT2D eigenvalue weighted by Crippen LogP contribution is 2.32. The number of aliphatic carboxylic acids is 1. The first kappa shape index (κ1) is 17.5. The van der Waals surface area contributed by atoms with Gasteiger partial charge in [0.1, 0.15) is 12.1 Å². The van der Waals surface area contributed by atoms with Crippen molar-refractivity contribution < 1.29 is 9.90 Å². The summed E-state index contributed by atoms with van der Waals surface area (Å²) in [6.07, 6.45) is 4.28. The van der Waals surface area contributed by atoms with Gasteiger partial charge < -0.3 is 15.3 Å². The fourth-order valence-electron chi connectivity index (χ4n) is 3.28. The summed E-state index contributed by atoms with van der Waals surface area (Å²) in [5.74, 6) is 0.357. The molecule has 0 saturated carbocycles. The van der Waals surface area contributed by atoms with E-state index in [2.05, 4.69) is 40.1 Å². The summed E-state index contributed by atoms with van der Waals surface area (Å²) in [5.41, 5.74) is 1.91. The largest absolute Gasteiger partial charge is 0.481 e. The third-order valence-corrected chi connectivity index (χ3v) is 5.05. The topological polar surface area (TPSA) is 78.4 Å². The summed E-state index contributed by atoms with van der Waals surface area (Å²) < 4.78 is 0. The Kier molecular flexibility index (Phi) is 5.36. The van der Waals surface area contributed by atoms with Crippen molar-refractivity contribution in [3.8, 4) is 0 Å². The maximum atomic E-state index is 11.4. The first-order valence-corrected chi connectivity index (χ1v) is 9.05. The SMILES string of the molecule is CCC(C)CNc1cccc2ncnc(N3CCCC(C(=O)O)C3)c12. The Labute approximate surface area is 148 Å². The molecule has 25 heavy (non-hydrogen) atoms. The van der Waals surface area contributed by atoms with Crippen LogP contribution in [0.2, 0.25) is 0 Å². The van der Waals surface area contributed by atoms with E-state index in [4.69, 9.17) is 0 Å². The zero-order chi connectivity index (χ0) is 17.8. The van der Waals surface area contributed by atoms with Crippen LogP contribution in [0.25, 0.3) is 10.9 Å². The van der Waals surface area contributed by atoms with Gasteiger partial charge in [-0.1, -0.05) is 26.3 Å². The van der Waals surface area contributed by atoms with Crippen molar-refractivity contribution in [1.82, 2.24) is 9.97 Å². The number of carboxylic acids is 1. The average molecular weight is 342 g/mol. The van der Waals surface area contributed by atoms with Gasteiger partial charge in [-0.3, -0.25) is 4.79 Å². The van der Waals surface area contributed by atoms with Crippen LogP contribution in [0.3, 0.4) is 0 Å². The number of rotatable bonds is 6. The lowest BCUT2D eigenvalue weighted by molar-refractivity contribution is -0.141. The first-order valence-electron chi connectivity index (χ1n) is 9.05. The highest BCUT2D eigenvalue weighted by atomic mass is 16.4. The third-order valence-electron chi connectivity index (χ3n) is 5.05. The van der Waals surface area contributed by atoms with E-state index in [1.165, 1.54) is 0 Å². The summed E-state index contributed by atoms with van der Waals surface area (Å²) in [6.45, 7) is 6.62. The minimum Gasteiger partial charge on any atom is -0.481 e. The number of carboxylic acid groups (broad SMARTS) is 1. The van der Waals surface area contributed by atoms with Gasteiger partial charge in [-0.05, 0) is 30.9 Å². The molecule has 2 heterocycles. The van der Waals surface area contributed by atoms with E-state index in [9.17, 15) is 9.90 Å². The van der Waals surface area contributed by atoms with E-state index >= 15 is 0 Å². The number of hydrogen-bond acceptors (Lipinski definition) is 5. The predicted octanol–water partition coefficient (Wildman–Crippen LogP) is 3.39. The zero-order valence-electron chi connectivity index (χ0n) is 14.9. The summed E-state index contributed by atoms with van der Waals surface area (Å²) in [7, 11) is 0. The van der Waals surface area contributed by atoms with E-state index in [1.807, 2.05) is 12.1 Å². The molecule has 134 valence electrons. The zero-order valence-corrected chi connectivity index (χ0v) is 14.9. The molecule has 6 heteroatoms. The van der Waals surface area contributed by atoms with E-state index in [0.29, 0.717) is 12.5 Å². The van der Waals surface area contributed by atoms with Gasteiger partial charge in [0.15, 0.2) is 0 Å². The molecule has 2 unspecified atom stereocenters. The van der Waals surface area contributed by atoms with Crippen LogP contribution in [-0.4, -0.2) is 40.7 Å². The van der Waals surface area contributed by atoms with Crippen LogP contribution in [0.15, 0.2) is 24.5 Å². The number of anilines is 2. The molecule has 2 aromatic rings. The molecule has 0 bridgehead atoms. The van der Waals surface area contributed by atoms with Gasteiger partial charge >= 0.3 is 5.97 Å². The number of fused-ring (bicyclic) bond motifs is 1. The second-order valence-electron chi connectivity index (χ2n) is 6.91. The molecule has 1 aromatic carbocycles. The number of piperidine rings is 1. The summed E-state index contributed by atoms with van der Waals surface area (Å²) in [5, 5.41) is 13.9. The van der Waals surface area contributed by atoms with Crippen molar-refractivity contribution >= 4 is 28.4 Å². The van der Waals surface area contributed by atoms with Crippen molar-refractivity contribution in [2.75, 3.05) is 29.9 Å². The van der Waals surface area contributed by atoms with E-state index < -0.39 is 5.97 Å². The second-order valence-corrected chi connectivity index (χ2v) is 6.91. The van der Waals surface area contributed by atoms with Crippen molar-refractivity contribution in [3.63, 3.8) is 0 Å². The van der Waals surface area contributed by atoms with Gasteiger partial charge in [-0.15, -0.1) is 0 Å². The molecule has 0 aliphatic carbocycles. The highest BCUT2D eigenvalue weighted by molar-refractivity contribution is 6.00. The Hall–Kier alpha value is -2.37. The number of hydrogen-bond donors (Lipinski definition) is 2. The Morgan fingerprint density at radius 2 is 2.28 bits per heavy atom. The second kappa shape index (κ2) is 7.68. The van der Waals surface area contributed by atoms with E-state index in [1.54, 1.807) is 6.33 Å². The van der Waals surface area contributed by atoms with Crippen molar-refractivity contribution in [1.29, 1.82) is 0 Å². The number of aromatic nitrogens is 2. The molecular formula is C19H26N4O2. The lowest BCUT2D eigenvalue weighted by Crippen LogP contribution is -2.39. The normalized spacial score (nSPS) is 19.0. The van der Waals surface area contributed by atoms with Crippen LogP contribution in [-0.2, 0) is 4.79 Å². The summed E-state index contributed by atoms with van der Waals surface area (Å²) >= 11 is 0. The quantitative estimate of drug-likeness (QED) is 0.838. The molecule has 1 fully saturated rings. The molecule has 3 rings (SSSR count). The van der Waals surface area contributed by atoms with Gasteiger partial charge in [0.05, 0.1) is 16.8 Å². The van der Waals surface area contributed by atoms with Gasteiger partial charge in [-0.25, -0.2) is 9.97 Å². The van der Waals surface area contributed by atoms with Crippen LogP contribution in [0, 0.1) is 11.8 Å². The molecule has 0 spiro atoms. The van der Waals surface area contributed by atoms with Crippen molar-refractivity contribution in [2.24, 2.45) is 11.8 Å². The number of carbonyl (C=O) groups is 1. The fourth-order valence-corrected chi connectivity index (χ4v) is 3.28. The molecule has 0 radical (unpaired) electrons. The highest BCUT2D eigenvalue weighted by Gasteiger charge is 2.27. The molecule has 1 aromatic heterocycles. The Morgan fingerprint density at radius 3 is 3.04 bits per heavy atom. The van der Waals surface area contributed by atoms with Crippen LogP contribution in [0.5, 0.6) is 0 Å². The maximum absolute atomic E-state index is 11.4. The lowest BCUT2D eigenvalue weighted by atomic mass is 9.98. The van der Waals surface area contributed by atoms with Gasteiger partial charge in [0.25, 0.3) is 0 Å². The summed E-state index contributed by atoms with van der Waals surface area (Å²) in [4.78, 5) is 22.4. The fraction of sp³-hybridized carbons (Fsp3) is 0.526. The standard InChI is InChI=1S/C19H26N4O2/c1-3-13(2)10-20-15-7-4-8-16-17(15)18(22-12-21-16)23-9-5-6-14(11-23)19(24)25/h4,7-8,12-14,20H,3,5-6,9-11H2,1-2H3,(H,24,25). The molecule has 6 nitrogen and oxygen atoms in total. The molecule has 0 amide bonds. The molecule has 1 aliphatic heterocycles. The first-order chi connectivity index (χ1) is 12.1. The Morgan fingerprint density at radius 1 is 1.44 bits per heavy atom. The van der Waals surface area contributed by atoms with Gasteiger partial charge in [-0.2, -0.15) is 0 Å². The van der Waals surface area contributed by atoms with Crippen LogP contribution in [0.4, 0.5) is 11.5 Å². The lowest BCUT2D eigenvalue weighted by Gasteiger charge is -2.32. The smallest absolute Gasteiger partial charge is 0.308 e. The molecule has 2 atom stereocenters. The van der Waals surface area contributed by atoms with Crippen molar-refractivity contribution in [3.05, 3.63) is 24.5 Å². The van der Waals surface area contributed by atoms with E-state index in [-0.39, 0.29) is 5.92 Å². The number of nitrogens with zero attached hydrogens (tertiary/aromatic N) is 3. The van der Waals surface area contributed by atoms with Crippen LogP contribution < -0.4 is 10.2 Å². The maximum Gasteiger partial charge on any atom is 0.308 e. The molecule has 1 aliphatic rings. The summed E-state index contributed by atoms with van der Waals surface area (Å²) in [6, 6.07) is 6.03.